The maximum absolute atomic E-state index is 12.1. The number of carbonyl (C=O) groups is 1. The Kier molecular flexibility index (Phi) is 4.37. The number of aromatic nitrogens is 2. The van der Waals surface area contributed by atoms with E-state index in [1.807, 2.05) is 26.2 Å². The van der Waals surface area contributed by atoms with Crippen molar-refractivity contribution in [3.8, 4) is 0 Å². The number of hydrazine groups is 1. The van der Waals surface area contributed by atoms with Crippen LogP contribution in [0, 0.1) is 6.92 Å². The van der Waals surface area contributed by atoms with Crippen LogP contribution in [0.5, 0.6) is 0 Å². The average molecular weight is 273 g/mol. The van der Waals surface area contributed by atoms with Crippen LogP contribution in [0.2, 0.25) is 0 Å². The van der Waals surface area contributed by atoms with Crippen LogP contribution in [0.1, 0.15) is 21.5 Å². The first-order chi connectivity index (χ1) is 9.60. The number of nitrogens with two attached hydrogens (primary N) is 1. The van der Waals surface area contributed by atoms with Gasteiger partial charge in [0.05, 0.1) is 6.20 Å². The average Bonchev–Trinajstić information content (AvgIpc) is 2.84. The summed E-state index contributed by atoms with van der Waals surface area (Å²) in [5.74, 6) is 5.26. The number of aryl methyl sites for hydroxylation is 2. The Morgan fingerprint density at radius 2 is 2.25 bits per heavy atom. The molecule has 6 nitrogen and oxygen atoms in total. The fourth-order valence-electron chi connectivity index (χ4n) is 2.02. The highest BCUT2D eigenvalue weighted by Crippen LogP contribution is 2.14. The lowest BCUT2D eigenvalue weighted by Gasteiger charge is -2.09. The van der Waals surface area contributed by atoms with Gasteiger partial charge in [0.25, 0.3) is 5.91 Å². The van der Waals surface area contributed by atoms with E-state index in [0.29, 0.717) is 12.1 Å². The molecule has 1 amide bonds. The second-order valence-corrected chi connectivity index (χ2v) is 4.70. The van der Waals surface area contributed by atoms with Crippen LogP contribution < -0.4 is 16.6 Å². The number of hydrogen-bond donors (Lipinski definition) is 3. The number of nitrogen functional groups attached to an aromatic ring is 1. The van der Waals surface area contributed by atoms with E-state index in [-0.39, 0.29) is 5.91 Å². The number of rotatable bonds is 5. The molecule has 0 bridgehead atoms. The van der Waals surface area contributed by atoms with E-state index in [4.69, 9.17) is 5.84 Å². The molecule has 0 saturated heterocycles. The first kappa shape index (κ1) is 14.1. The highest BCUT2D eigenvalue weighted by atomic mass is 16.1. The Hall–Kier alpha value is -2.34. The normalized spacial score (nSPS) is 10.3. The van der Waals surface area contributed by atoms with E-state index >= 15 is 0 Å². The zero-order chi connectivity index (χ0) is 14.5. The van der Waals surface area contributed by atoms with Crippen LogP contribution in [-0.4, -0.2) is 22.2 Å². The molecular formula is C14H19N5O. The molecule has 1 aromatic heterocycles. The van der Waals surface area contributed by atoms with Gasteiger partial charge in [0.2, 0.25) is 0 Å². The zero-order valence-corrected chi connectivity index (χ0v) is 11.7. The first-order valence-corrected chi connectivity index (χ1v) is 6.43. The highest BCUT2D eigenvalue weighted by Gasteiger charge is 2.09. The SMILES string of the molecule is Cc1cc(NN)ccc1C(=O)NCCc1cnn(C)c1. The molecule has 20 heavy (non-hydrogen) atoms. The van der Waals surface area contributed by atoms with Crippen molar-refractivity contribution in [1.82, 2.24) is 15.1 Å². The van der Waals surface area contributed by atoms with Crippen LogP contribution >= 0.6 is 0 Å². The Labute approximate surface area is 117 Å². The third-order valence-corrected chi connectivity index (χ3v) is 3.10. The van der Waals surface area contributed by atoms with Gasteiger partial charge < -0.3 is 10.7 Å². The van der Waals surface area contributed by atoms with Crippen molar-refractivity contribution in [3.05, 3.63) is 47.3 Å². The van der Waals surface area contributed by atoms with E-state index in [1.54, 1.807) is 23.0 Å². The molecule has 0 aliphatic rings. The van der Waals surface area contributed by atoms with Crippen LogP contribution in [-0.2, 0) is 13.5 Å². The minimum atomic E-state index is -0.0741. The summed E-state index contributed by atoms with van der Waals surface area (Å²) in [5, 5.41) is 7.00. The predicted molar refractivity (Wildman–Crippen MR) is 78.2 cm³/mol. The quantitative estimate of drug-likeness (QED) is 0.560. The Morgan fingerprint density at radius 1 is 1.45 bits per heavy atom. The summed E-state index contributed by atoms with van der Waals surface area (Å²) in [6.45, 7) is 2.47. The van der Waals surface area contributed by atoms with Crippen LogP contribution in [0.3, 0.4) is 0 Å². The molecule has 0 spiro atoms. The maximum atomic E-state index is 12.1. The topological polar surface area (TPSA) is 85.0 Å². The predicted octanol–water partition coefficient (Wildman–Crippen LogP) is 0.987. The number of nitrogens with one attached hydrogen (secondary N) is 2. The second kappa shape index (κ2) is 6.21. The zero-order valence-electron chi connectivity index (χ0n) is 11.7. The smallest absolute Gasteiger partial charge is 0.251 e. The van der Waals surface area contributed by atoms with Gasteiger partial charge in [0, 0.05) is 31.0 Å². The van der Waals surface area contributed by atoms with Gasteiger partial charge in [-0.2, -0.15) is 5.10 Å². The molecule has 106 valence electrons. The van der Waals surface area contributed by atoms with E-state index in [9.17, 15) is 4.79 Å². The van der Waals surface area contributed by atoms with Crippen molar-refractivity contribution in [2.45, 2.75) is 13.3 Å². The molecule has 0 fully saturated rings. The first-order valence-electron chi connectivity index (χ1n) is 6.43. The summed E-state index contributed by atoms with van der Waals surface area (Å²) in [6, 6.07) is 5.39. The summed E-state index contributed by atoms with van der Waals surface area (Å²) in [6.07, 6.45) is 4.51. The Bertz CT molecular complexity index is 605. The van der Waals surface area contributed by atoms with Crippen molar-refractivity contribution >= 4 is 11.6 Å². The van der Waals surface area contributed by atoms with E-state index in [1.165, 1.54) is 0 Å². The molecular weight excluding hydrogens is 254 g/mol. The molecule has 2 rings (SSSR count). The van der Waals surface area contributed by atoms with Crippen molar-refractivity contribution in [2.75, 3.05) is 12.0 Å². The second-order valence-electron chi connectivity index (χ2n) is 4.70. The molecule has 1 aromatic carbocycles. The van der Waals surface area contributed by atoms with Crippen molar-refractivity contribution in [3.63, 3.8) is 0 Å². The summed E-state index contributed by atoms with van der Waals surface area (Å²) < 4.78 is 1.75. The molecule has 1 heterocycles. The molecule has 0 unspecified atom stereocenters. The summed E-state index contributed by atoms with van der Waals surface area (Å²) in [7, 11) is 1.87. The van der Waals surface area contributed by atoms with Gasteiger partial charge in [0.1, 0.15) is 0 Å². The van der Waals surface area contributed by atoms with Gasteiger partial charge >= 0.3 is 0 Å². The monoisotopic (exact) mass is 273 g/mol. The van der Waals surface area contributed by atoms with E-state index < -0.39 is 0 Å². The summed E-state index contributed by atoms with van der Waals surface area (Å²) in [5.41, 5.74) is 6.00. The molecule has 2 aromatic rings. The molecule has 0 aliphatic carbocycles. The van der Waals surface area contributed by atoms with Crippen LogP contribution in [0.15, 0.2) is 30.6 Å². The fourth-order valence-corrected chi connectivity index (χ4v) is 2.02. The van der Waals surface area contributed by atoms with Gasteiger partial charge in [0.15, 0.2) is 0 Å². The number of anilines is 1. The number of hydrogen-bond acceptors (Lipinski definition) is 4. The van der Waals surface area contributed by atoms with Crippen LogP contribution in [0.4, 0.5) is 5.69 Å². The molecule has 6 heteroatoms. The maximum Gasteiger partial charge on any atom is 0.251 e. The third-order valence-electron chi connectivity index (χ3n) is 3.10. The van der Waals surface area contributed by atoms with Crippen LogP contribution in [0.25, 0.3) is 0 Å². The van der Waals surface area contributed by atoms with Crippen molar-refractivity contribution < 1.29 is 4.79 Å². The minimum absolute atomic E-state index is 0.0741. The Morgan fingerprint density at radius 3 is 2.85 bits per heavy atom. The largest absolute Gasteiger partial charge is 0.352 e. The third kappa shape index (κ3) is 3.36. The lowest BCUT2D eigenvalue weighted by atomic mass is 10.1. The molecule has 0 aliphatic heterocycles. The Balaban J connectivity index is 1.91. The molecule has 0 atom stereocenters. The number of nitrogens with zero attached hydrogens (tertiary/aromatic N) is 2. The van der Waals surface area contributed by atoms with E-state index in [2.05, 4.69) is 15.8 Å². The standard InChI is InChI=1S/C14H19N5O/c1-10-7-12(18-15)3-4-13(10)14(20)16-6-5-11-8-17-19(2)9-11/h3-4,7-9,18H,5-6,15H2,1-2H3,(H,16,20). The molecule has 0 radical (unpaired) electrons. The van der Waals surface area contributed by atoms with Crippen molar-refractivity contribution in [1.29, 1.82) is 0 Å². The number of benzene rings is 1. The van der Waals surface area contributed by atoms with Crippen molar-refractivity contribution in [2.24, 2.45) is 12.9 Å². The van der Waals surface area contributed by atoms with Gasteiger partial charge in [-0.3, -0.25) is 15.3 Å². The van der Waals surface area contributed by atoms with Gasteiger partial charge in [-0.15, -0.1) is 0 Å². The number of amides is 1. The summed E-state index contributed by atoms with van der Waals surface area (Å²) >= 11 is 0. The van der Waals surface area contributed by atoms with Gasteiger partial charge in [-0.05, 0) is 42.7 Å². The summed E-state index contributed by atoms with van der Waals surface area (Å²) in [4.78, 5) is 12.1. The fraction of sp³-hybridized carbons (Fsp3) is 0.286. The lowest BCUT2D eigenvalue weighted by molar-refractivity contribution is 0.0953. The van der Waals surface area contributed by atoms with Gasteiger partial charge in [-0.1, -0.05) is 0 Å². The van der Waals surface area contributed by atoms with Gasteiger partial charge in [-0.25, -0.2) is 0 Å². The molecule has 4 N–H and O–H groups in total. The lowest BCUT2D eigenvalue weighted by Crippen LogP contribution is -2.26. The van der Waals surface area contributed by atoms with E-state index in [0.717, 1.165) is 23.2 Å². The number of carbonyl (C=O) groups excluding carboxylic acids is 1. The highest BCUT2D eigenvalue weighted by molar-refractivity contribution is 5.96. The minimum Gasteiger partial charge on any atom is -0.352 e. The molecule has 0 saturated carbocycles.